The third-order valence-electron chi connectivity index (χ3n) is 6.31. The summed E-state index contributed by atoms with van der Waals surface area (Å²) in [5, 5.41) is 7.36. The number of hydrogen-bond donors (Lipinski definition) is 2. The number of amidine groups is 1. The maximum Gasteiger partial charge on any atom is 0.239 e. The minimum Gasteiger partial charge on any atom is -0.479 e. The maximum absolute atomic E-state index is 6.09. The fourth-order valence-corrected chi connectivity index (χ4v) is 4.70. The van der Waals surface area contributed by atoms with Gasteiger partial charge in [-0.1, -0.05) is 23.7 Å². The van der Waals surface area contributed by atoms with Gasteiger partial charge < -0.3 is 25.2 Å². The van der Waals surface area contributed by atoms with Crippen LogP contribution < -0.4 is 25.2 Å². The van der Waals surface area contributed by atoms with Gasteiger partial charge in [-0.05, 0) is 35.9 Å². The van der Waals surface area contributed by atoms with E-state index in [4.69, 9.17) is 31.3 Å². The first-order valence-corrected chi connectivity index (χ1v) is 12.0. The number of hydrogen-bond acceptors (Lipinski definition) is 9. The third kappa shape index (κ3) is 4.17. The van der Waals surface area contributed by atoms with E-state index in [1.54, 1.807) is 7.11 Å². The Kier molecular flexibility index (Phi) is 5.71. The second kappa shape index (κ2) is 9.16. The number of benzene rings is 1. The minimum atomic E-state index is 0.480. The highest BCUT2D eigenvalue weighted by Gasteiger charge is 2.30. The molecule has 0 bridgehead atoms. The van der Waals surface area contributed by atoms with Gasteiger partial charge in [0, 0.05) is 55.1 Å². The average molecular weight is 489 g/mol. The molecule has 35 heavy (non-hydrogen) atoms. The highest BCUT2D eigenvalue weighted by Crippen LogP contribution is 2.36. The molecular weight excluding hydrogens is 464 g/mol. The molecule has 0 radical (unpaired) electrons. The normalized spacial score (nSPS) is 16.9. The van der Waals surface area contributed by atoms with Crippen molar-refractivity contribution >= 4 is 52.4 Å². The molecule has 178 valence electrons. The predicted octanol–water partition coefficient (Wildman–Crippen LogP) is 3.46. The van der Waals surface area contributed by atoms with Gasteiger partial charge in [-0.2, -0.15) is 9.97 Å². The predicted molar refractivity (Wildman–Crippen MR) is 140 cm³/mol. The number of methoxy groups -OCH3 is 1. The van der Waals surface area contributed by atoms with Gasteiger partial charge in [-0.25, -0.2) is 4.98 Å². The summed E-state index contributed by atoms with van der Waals surface area (Å²) in [6.45, 7) is 5.22. The van der Waals surface area contributed by atoms with E-state index in [0.29, 0.717) is 16.9 Å². The Hall–Kier alpha value is -3.69. The van der Waals surface area contributed by atoms with E-state index < -0.39 is 0 Å². The number of halogens is 1. The number of pyridine rings is 1. The minimum absolute atomic E-state index is 0.480. The SMILES string of the molecule is COc1nc(N2CCNCC2)ccc1Nc1ncc2c(n1)N1CCN=C1C(c1ccc(Cl)cc1)=C2. The zero-order valence-electron chi connectivity index (χ0n) is 19.3. The lowest BCUT2D eigenvalue weighted by Gasteiger charge is -2.29. The van der Waals surface area contributed by atoms with E-state index in [1.807, 2.05) is 42.6 Å². The molecule has 1 aromatic carbocycles. The van der Waals surface area contributed by atoms with Crippen LogP contribution in [0.1, 0.15) is 11.1 Å². The zero-order chi connectivity index (χ0) is 23.8. The van der Waals surface area contributed by atoms with Gasteiger partial charge in [0.2, 0.25) is 11.8 Å². The Morgan fingerprint density at radius 3 is 2.66 bits per heavy atom. The van der Waals surface area contributed by atoms with Crippen LogP contribution in [0.25, 0.3) is 11.6 Å². The lowest BCUT2D eigenvalue weighted by molar-refractivity contribution is 0.399. The Morgan fingerprint density at radius 2 is 1.86 bits per heavy atom. The Balaban J connectivity index is 1.30. The molecule has 2 N–H and O–H groups in total. The largest absolute Gasteiger partial charge is 0.479 e. The van der Waals surface area contributed by atoms with Gasteiger partial charge in [0.25, 0.3) is 0 Å². The van der Waals surface area contributed by atoms with Gasteiger partial charge >= 0.3 is 0 Å². The summed E-state index contributed by atoms with van der Waals surface area (Å²) in [6, 6.07) is 11.8. The summed E-state index contributed by atoms with van der Waals surface area (Å²) < 4.78 is 5.58. The van der Waals surface area contributed by atoms with Crippen molar-refractivity contribution in [2.45, 2.75) is 0 Å². The number of aromatic nitrogens is 3. The summed E-state index contributed by atoms with van der Waals surface area (Å²) in [6.07, 6.45) is 3.93. The zero-order valence-corrected chi connectivity index (χ0v) is 20.1. The lowest BCUT2D eigenvalue weighted by atomic mass is 9.99. The molecule has 3 aliphatic heterocycles. The van der Waals surface area contributed by atoms with Crippen molar-refractivity contribution in [2.75, 3.05) is 61.5 Å². The standard InChI is InChI=1S/C25H25ClN8O/c1-35-24-20(6-7-21(31-24)33-11-8-27-9-12-33)30-25-29-15-17-14-19(16-2-4-18(26)5-3-16)23-28-10-13-34(23)22(17)32-25/h2-7,14-15,27H,8-13H2,1H3,(H,29,30,32). The lowest BCUT2D eigenvalue weighted by Crippen LogP contribution is -2.43. The maximum atomic E-state index is 6.09. The first kappa shape index (κ1) is 21.8. The van der Waals surface area contributed by atoms with Crippen LogP contribution in [-0.2, 0) is 0 Å². The fourth-order valence-electron chi connectivity index (χ4n) is 4.58. The number of anilines is 4. The van der Waals surface area contributed by atoms with E-state index >= 15 is 0 Å². The first-order valence-electron chi connectivity index (χ1n) is 11.6. The van der Waals surface area contributed by atoms with Crippen molar-refractivity contribution in [2.24, 2.45) is 4.99 Å². The topological polar surface area (TPSA) is 90.8 Å². The molecule has 3 aromatic rings. The molecule has 0 amide bonds. The molecule has 0 atom stereocenters. The third-order valence-corrected chi connectivity index (χ3v) is 6.57. The van der Waals surface area contributed by atoms with Crippen molar-refractivity contribution < 1.29 is 4.74 Å². The van der Waals surface area contributed by atoms with E-state index in [1.165, 1.54) is 0 Å². The molecule has 9 nitrogen and oxygen atoms in total. The smallest absolute Gasteiger partial charge is 0.239 e. The van der Waals surface area contributed by atoms with Crippen LogP contribution in [0.4, 0.5) is 23.3 Å². The number of ether oxygens (including phenoxy) is 1. The van der Waals surface area contributed by atoms with E-state index in [2.05, 4.69) is 31.5 Å². The Morgan fingerprint density at radius 1 is 1.03 bits per heavy atom. The molecule has 3 aliphatic rings. The summed E-state index contributed by atoms with van der Waals surface area (Å²) >= 11 is 6.09. The summed E-state index contributed by atoms with van der Waals surface area (Å²) in [5.41, 5.74) is 3.77. The molecule has 1 fully saturated rings. The highest BCUT2D eigenvalue weighted by molar-refractivity contribution is 6.36. The molecule has 2 aromatic heterocycles. The van der Waals surface area contributed by atoms with Gasteiger partial charge in [-0.3, -0.25) is 4.99 Å². The van der Waals surface area contributed by atoms with E-state index in [0.717, 1.165) is 79.1 Å². The van der Waals surface area contributed by atoms with Crippen molar-refractivity contribution in [1.82, 2.24) is 20.3 Å². The van der Waals surface area contributed by atoms with E-state index in [-0.39, 0.29) is 0 Å². The van der Waals surface area contributed by atoms with Crippen LogP contribution in [0.15, 0.2) is 47.6 Å². The molecule has 1 saturated heterocycles. The monoisotopic (exact) mass is 488 g/mol. The van der Waals surface area contributed by atoms with Crippen molar-refractivity contribution in [3.8, 4) is 5.88 Å². The molecule has 10 heteroatoms. The number of aliphatic imine (C=N–C) groups is 1. The molecule has 6 rings (SSSR count). The molecule has 0 saturated carbocycles. The van der Waals surface area contributed by atoms with Crippen molar-refractivity contribution in [3.05, 3.63) is 58.7 Å². The number of nitrogens with one attached hydrogen (secondary N) is 2. The number of fused-ring (bicyclic) bond motifs is 3. The first-order chi connectivity index (χ1) is 17.2. The average Bonchev–Trinajstić information content (AvgIpc) is 3.40. The van der Waals surface area contributed by atoms with Gasteiger partial charge in [-0.15, -0.1) is 0 Å². The van der Waals surface area contributed by atoms with Gasteiger partial charge in [0.1, 0.15) is 23.2 Å². The van der Waals surface area contributed by atoms with Crippen LogP contribution in [0, 0.1) is 0 Å². The summed E-state index contributed by atoms with van der Waals surface area (Å²) in [4.78, 5) is 23.3. The summed E-state index contributed by atoms with van der Waals surface area (Å²) in [7, 11) is 1.62. The molecule has 0 spiro atoms. The second-order valence-electron chi connectivity index (χ2n) is 8.48. The quantitative estimate of drug-likeness (QED) is 0.564. The molecular formula is C25H25ClN8O. The van der Waals surface area contributed by atoms with Crippen LogP contribution in [0.2, 0.25) is 5.02 Å². The van der Waals surface area contributed by atoms with Crippen LogP contribution >= 0.6 is 11.6 Å². The van der Waals surface area contributed by atoms with Crippen molar-refractivity contribution in [1.29, 1.82) is 0 Å². The Bertz CT molecular complexity index is 1320. The number of piperazine rings is 1. The van der Waals surface area contributed by atoms with Crippen LogP contribution in [0.3, 0.4) is 0 Å². The second-order valence-corrected chi connectivity index (χ2v) is 8.92. The highest BCUT2D eigenvalue weighted by atomic mass is 35.5. The fraction of sp³-hybridized carbons (Fsp3) is 0.280. The van der Waals surface area contributed by atoms with Gasteiger partial charge in [0.15, 0.2) is 0 Å². The van der Waals surface area contributed by atoms with Gasteiger partial charge in [0.05, 0.1) is 13.7 Å². The van der Waals surface area contributed by atoms with E-state index in [9.17, 15) is 0 Å². The van der Waals surface area contributed by atoms with Crippen LogP contribution in [-0.4, -0.2) is 67.2 Å². The summed E-state index contributed by atoms with van der Waals surface area (Å²) in [5.74, 6) is 3.65. The molecule has 0 unspecified atom stereocenters. The van der Waals surface area contributed by atoms with Crippen molar-refractivity contribution in [3.63, 3.8) is 0 Å². The number of rotatable bonds is 5. The molecule has 0 aliphatic carbocycles. The Labute approximate surface area is 208 Å². The van der Waals surface area contributed by atoms with Crippen LogP contribution in [0.5, 0.6) is 5.88 Å². The number of nitrogens with zero attached hydrogens (tertiary/aromatic N) is 6. The molecule has 5 heterocycles.